The molecule has 0 aromatic heterocycles. The standard InChI is InChI=1S/C22H25Cl2FN2O2S/c1-14(2)26-22(29)15(3)27(11-16-4-7-18(25)8-5-16)21(28)13-30-12-17-6-9-19(23)20(24)10-17/h4-10,14-15H,11-13H2,1-3H3,(H,26,29). The minimum absolute atomic E-state index is 0.0354. The van der Waals surface area contributed by atoms with Gasteiger partial charge in [0.15, 0.2) is 0 Å². The molecule has 0 aliphatic rings. The second kappa shape index (κ2) is 11.6. The lowest BCUT2D eigenvalue weighted by Crippen LogP contribution is -2.49. The van der Waals surface area contributed by atoms with Gasteiger partial charge in [-0.2, -0.15) is 0 Å². The molecule has 4 nitrogen and oxygen atoms in total. The fourth-order valence-corrected chi connectivity index (χ4v) is 3.92. The van der Waals surface area contributed by atoms with Gasteiger partial charge in [0, 0.05) is 18.3 Å². The van der Waals surface area contributed by atoms with Crippen LogP contribution in [0.3, 0.4) is 0 Å². The summed E-state index contributed by atoms with van der Waals surface area (Å²) < 4.78 is 13.2. The molecule has 0 fully saturated rings. The van der Waals surface area contributed by atoms with Crippen molar-refractivity contribution in [1.82, 2.24) is 10.2 Å². The highest BCUT2D eigenvalue weighted by Crippen LogP contribution is 2.25. The van der Waals surface area contributed by atoms with Crippen molar-refractivity contribution < 1.29 is 14.0 Å². The maximum absolute atomic E-state index is 13.2. The second-order valence-corrected chi connectivity index (χ2v) is 9.03. The summed E-state index contributed by atoms with van der Waals surface area (Å²) in [6.45, 7) is 5.65. The fraction of sp³-hybridized carbons (Fsp3) is 0.364. The van der Waals surface area contributed by atoms with Gasteiger partial charge in [-0.25, -0.2) is 4.39 Å². The zero-order valence-corrected chi connectivity index (χ0v) is 19.5. The molecule has 0 aliphatic carbocycles. The first-order valence-corrected chi connectivity index (χ1v) is 11.4. The van der Waals surface area contributed by atoms with Gasteiger partial charge in [-0.15, -0.1) is 11.8 Å². The summed E-state index contributed by atoms with van der Waals surface area (Å²) in [4.78, 5) is 27.0. The van der Waals surface area contributed by atoms with E-state index in [0.29, 0.717) is 15.8 Å². The Hall–Kier alpha value is -1.76. The predicted octanol–water partition coefficient (Wildman–Crippen LogP) is 5.31. The lowest BCUT2D eigenvalue weighted by molar-refractivity contribution is -0.138. The SMILES string of the molecule is CC(C)NC(=O)C(C)N(Cc1ccc(F)cc1)C(=O)CSCc1ccc(Cl)c(Cl)c1. The number of hydrogen-bond acceptors (Lipinski definition) is 3. The highest BCUT2D eigenvalue weighted by Gasteiger charge is 2.26. The van der Waals surface area contributed by atoms with Crippen LogP contribution in [-0.4, -0.2) is 34.6 Å². The van der Waals surface area contributed by atoms with Crippen LogP contribution in [0.25, 0.3) is 0 Å². The van der Waals surface area contributed by atoms with Gasteiger partial charge in [0.1, 0.15) is 11.9 Å². The van der Waals surface area contributed by atoms with Crippen LogP contribution in [0.4, 0.5) is 4.39 Å². The van der Waals surface area contributed by atoms with Crippen LogP contribution in [0.1, 0.15) is 31.9 Å². The second-order valence-electron chi connectivity index (χ2n) is 7.23. The Morgan fingerprint density at radius 3 is 2.27 bits per heavy atom. The minimum atomic E-state index is -0.657. The largest absolute Gasteiger partial charge is 0.352 e. The van der Waals surface area contributed by atoms with E-state index in [1.54, 1.807) is 31.2 Å². The fourth-order valence-electron chi connectivity index (χ4n) is 2.74. The quantitative estimate of drug-likeness (QED) is 0.540. The number of hydrogen-bond donors (Lipinski definition) is 1. The van der Waals surface area contributed by atoms with Crippen molar-refractivity contribution in [3.63, 3.8) is 0 Å². The Balaban J connectivity index is 2.07. The smallest absolute Gasteiger partial charge is 0.242 e. The van der Waals surface area contributed by atoms with Gasteiger partial charge >= 0.3 is 0 Å². The molecule has 0 bridgehead atoms. The highest BCUT2D eigenvalue weighted by molar-refractivity contribution is 7.99. The van der Waals surface area contributed by atoms with Crippen LogP contribution in [-0.2, 0) is 21.9 Å². The molecule has 2 rings (SSSR count). The Kier molecular flexibility index (Phi) is 9.46. The van der Waals surface area contributed by atoms with Crippen molar-refractivity contribution in [2.45, 2.75) is 45.2 Å². The van der Waals surface area contributed by atoms with E-state index in [1.165, 1.54) is 28.8 Å². The van der Waals surface area contributed by atoms with Crippen molar-refractivity contribution in [3.05, 3.63) is 69.5 Å². The van der Waals surface area contributed by atoms with Crippen LogP contribution in [0.2, 0.25) is 10.0 Å². The van der Waals surface area contributed by atoms with Crippen LogP contribution < -0.4 is 5.32 Å². The molecule has 0 spiro atoms. The van der Waals surface area contributed by atoms with Crippen molar-refractivity contribution in [2.24, 2.45) is 0 Å². The summed E-state index contributed by atoms with van der Waals surface area (Å²) in [5, 5.41) is 3.79. The van der Waals surface area contributed by atoms with Crippen molar-refractivity contribution >= 4 is 46.8 Å². The first-order chi connectivity index (χ1) is 14.2. The van der Waals surface area contributed by atoms with Gasteiger partial charge in [0.2, 0.25) is 11.8 Å². The van der Waals surface area contributed by atoms with Gasteiger partial charge in [0.05, 0.1) is 15.8 Å². The molecule has 1 N–H and O–H groups in total. The van der Waals surface area contributed by atoms with E-state index in [9.17, 15) is 14.0 Å². The summed E-state index contributed by atoms with van der Waals surface area (Å²) in [7, 11) is 0. The summed E-state index contributed by atoms with van der Waals surface area (Å²) >= 11 is 13.4. The summed E-state index contributed by atoms with van der Waals surface area (Å²) in [6.07, 6.45) is 0. The summed E-state index contributed by atoms with van der Waals surface area (Å²) in [6, 6.07) is 10.6. The Morgan fingerprint density at radius 2 is 1.67 bits per heavy atom. The molecule has 162 valence electrons. The Bertz CT molecular complexity index is 878. The van der Waals surface area contributed by atoms with E-state index in [2.05, 4.69) is 5.32 Å². The molecule has 8 heteroatoms. The molecule has 30 heavy (non-hydrogen) atoms. The molecule has 0 saturated carbocycles. The van der Waals surface area contributed by atoms with Gasteiger partial charge < -0.3 is 10.2 Å². The molecular weight excluding hydrogens is 446 g/mol. The molecule has 1 unspecified atom stereocenters. The van der Waals surface area contributed by atoms with Crippen molar-refractivity contribution in [2.75, 3.05) is 5.75 Å². The number of nitrogens with zero attached hydrogens (tertiary/aromatic N) is 1. The molecule has 0 saturated heterocycles. The van der Waals surface area contributed by atoms with Gasteiger partial charge in [-0.1, -0.05) is 41.4 Å². The maximum Gasteiger partial charge on any atom is 0.242 e. The van der Waals surface area contributed by atoms with Crippen LogP contribution in [0.5, 0.6) is 0 Å². The zero-order valence-electron chi connectivity index (χ0n) is 17.1. The summed E-state index contributed by atoms with van der Waals surface area (Å²) in [5.74, 6) is 0.0329. The number of thioether (sulfide) groups is 1. The molecule has 2 aromatic rings. The molecule has 0 radical (unpaired) electrons. The number of carbonyl (C=O) groups is 2. The molecular formula is C22H25Cl2FN2O2S. The van der Waals surface area contributed by atoms with Crippen molar-refractivity contribution in [3.8, 4) is 0 Å². The normalized spacial score (nSPS) is 12.0. The highest BCUT2D eigenvalue weighted by atomic mass is 35.5. The number of rotatable bonds is 9. The monoisotopic (exact) mass is 470 g/mol. The summed E-state index contributed by atoms with van der Waals surface area (Å²) in [5.41, 5.74) is 1.71. The van der Waals surface area contributed by atoms with E-state index in [1.807, 2.05) is 19.9 Å². The molecule has 2 aromatic carbocycles. The van der Waals surface area contributed by atoms with Gasteiger partial charge in [0.25, 0.3) is 0 Å². The topological polar surface area (TPSA) is 49.4 Å². The van der Waals surface area contributed by atoms with E-state index in [0.717, 1.165) is 11.1 Å². The first-order valence-electron chi connectivity index (χ1n) is 9.53. The Morgan fingerprint density at radius 1 is 1.03 bits per heavy atom. The van der Waals surface area contributed by atoms with E-state index < -0.39 is 6.04 Å². The number of nitrogens with one attached hydrogen (secondary N) is 1. The number of benzene rings is 2. The number of halogens is 3. The van der Waals surface area contributed by atoms with E-state index in [-0.39, 0.29) is 36.0 Å². The van der Waals surface area contributed by atoms with E-state index in [4.69, 9.17) is 23.2 Å². The third-order valence-corrected chi connectivity index (χ3v) is 6.07. The number of amides is 2. The molecule has 0 aliphatic heterocycles. The van der Waals surface area contributed by atoms with Gasteiger partial charge in [-0.05, 0) is 56.2 Å². The zero-order chi connectivity index (χ0) is 22.3. The van der Waals surface area contributed by atoms with Gasteiger partial charge in [-0.3, -0.25) is 9.59 Å². The maximum atomic E-state index is 13.2. The van der Waals surface area contributed by atoms with Crippen LogP contribution in [0, 0.1) is 5.82 Å². The van der Waals surface area contributed by atoms with Crippen molar-refractivity contribution in [1.29, 1.82) is 0 Å². The number of carbonyl (C=O) groups excluding carboxylic acids is 2. The predicted molar refractivity (Wildman–Crippen MR) is 122 cm³/mol. The van der Waals surface area contributed by atoms with Crippen LogP contribution in [0.15, 0.2) is 42.5 Å². The lowest BCUT2D eigenvalue weighted by atomic mass is 10.1. The molecule has 0 heterocycles. The third-order valence-electron chi connectivity index (χ3n) is 4.34. The van der Waals surface area contributed by atoms with E-state index >= 15 is 0 Å². The first kappa shape index (κ1) is 24.5. The molecule has 2 amide bonds. The van der Waals surface area contributed by atoms with Crippen LogP contribution >= 0.6 is 35.0 Å². The lowest BCUT2D eigenvalue weighted by Gasteiger charge is -2.29. The minimum Gasteiger partial charge on any atom is -0.352 e. The average Bonchev–Trinajstić information content (AvgIpc) is 2.69. The Labute approximate surface area is 191 Å². The third kappa shape index (κ3) is 7.49. The average molecular weight is 471 g/mol. The molecule has 1 atom stereocenters.